The molecule has 3 rings (SSSR count). The molecule has 0 bridgehead atoms. The first-order valence-electron chi connectivity index (χ1n) is 8.14. The highest BCUT2D eigenvalue weighted by molar-refractivity contribution is 7.22. The Morgan fingerprint density at radius 2 is 2.04 bits per heavy atom. The molecule has 6 nitrogen and oxygen atoms in total. The molecular weight excluding hydrogens is 413 g/mol. The number of halogens is 3. The predicted molar refractivity (Wildman–Crippen MR) is 106 cm³/mol. The highest BCUT2D eigenvalue weighted by Gasteiger charge is 2.31. The summed E-state index contributed by atoms with van der Waals surface area (Å²) in [4.78, 5) is 20.6. The van der Waals surface area contributed by atoms with Crippen LogP contribution < -0.4 is 15.0 Å². The first-order valence-corrected chi connectivity index (χ1v) is 9.84. The van der Waals surface area contributed by atoms with Crippen LogP contribution in [-0.2, 0) is 0 Å². The Bertz CT molecular complexity index is 942. The van der Waals surface area contributed by atoms with E-state index in [4.69, 9.17) is 0 Å². The molecule has 0 aliphatic heterocycles. The van der Waals surface area contributed by atoms with E-state index in [0.29, 0.717) is 33.4 Å². The van der Waals surface area contributed by atoms with Gasteiger partial charge >= 0.3 is 12.4 Å². The summed E-state index contributed by atoms with van der Waals surface area (Å²) >= 11 is 2.52. The SMILES string of the molecule is CN(C)CCN(C(=O)Nc1cccs1)c1nc2ccc(OC(F)(F)F)cc2s1. The van der Waals surface area contributed by atoms with Gasteiger partial charge in [-0.25, -0.2) is 9.78 Å². The van der Waals surface area contributed by atoms with Crippen LogP contribution >= 0.6 is 22.7 Å². The molecule has 2 heterocycles. The van der Waals surface area contributed by atoms with Crippen molar-refractivity contribution in [3.8, 4) is 5.75 Å². The van der Waals surface area contributed by atoms with Crippen molar-refractivity contribution >= 4 is 49.1 Å². The number of fused-ring (bicyclic) bond motifs is 1. The number of amides is 2. The van der Waals surface area contributed by atoms with Crippen molar-refractivity contribution in [3.05, 3.63) is 35.7 Å². The minimum Gasteiger partial charge on any atom is -0.406 e. The maximum absolute atomic E-state index is 12.8. The number of ether oxygens (including phenoxy) is 1. The van der Waals surface area contributed by atoms with Gasteiger partial charge in [-0.15, -0.1) is 24.5 Å². The number of rotatable bonds is 6. The largest absolute Gasteiger partial charge is 0.573 e. The number of hydrogen-bond donors (Lipinski definition) is 1. The predicted octanol–water partition coefficient (Wildman–Crippen LogP) is 4.86. The van der Waals surface area contributed by atoms with Crippen LogP contribution in [0.15, 0.2) is 35.7 Å². The Balaban J connectivity index is 1.87. The number of carbonyl (C=O) groups is 1. The van der Waals surface area contributed by atoms with Crippen LogP contribution in [0.4, 0.5) is 28.1 Å². The van der Waals surface area contributed by atoms with Gasteiger partial charge in [0.1, 0.15) is 5.75 Å². The molecule has 0 atom stereocenters. The highest BCUT2D eigenvalue weighted by Crippen LogP contribution is 2.33. The van der Waals surface area contributed by atoms with Crippen LogP contribution in [0.5, 0.6) is 5.75 Å². The summed E-state index contributed by atoms with van der Waals surface area (Å²) in [5.74, 6) is -0.321. The molecule has 0 aliphatic carbocycles. The summed E-state index contributed by atoms with van der Waals surface area (Å²) < 4.78 is 41.8. The number of thiazole rings is 1. The molecule has 1 aromatic carbocycles. The minimum atomic E-state index is -4.76. The molecular formula is C17H17F3N4O2S2. The molecule has 2 amide bonds. The number of benzene rings is 1. The van der Waals surface area contributed by atoms with Gasteiger partial charge in [0.2, 0.25) is 0 Å². The Hall–Kier alpha value is -2.37. The summed E-state index contributed by atoms with van der Waals surface area (Å²) in [6.07, 6.45) is -4.76. The Morgan fingerprint density at radius 1 is 1.25 bits per heavy atom. The van der Waals surface area contributed by atoms with E-state index < -0.39 is 6.36 Å². The number of alkyl halides is 3. The van der Waals surface area contributed by atoms with Crippen molar-refractivity contribution in [2.24, 2.45) is 0 Å². The van der Waals surface area contributed by atoms with E-state index in [1.165, 1.54) is 34.4 Å². The Kier molecular flexibility index (Phi) is 6.06. The number of hydrogen-bond acceptors (Lipinski definition) is 6. The van der Waals surface area contributed by atoms with E-state index in [1.54, 1.807) is 6.07 Å². The standard InChI is InChI=1S/C17H17F3N4O2S2/c1-23(2)7-8-24(15(25)22-14-4-3-9-27-14)16-21-12-6-5-11(10-13(12)28-16)26-17(18,19)20/h3-6,9-10H,7-8H2,1-2H3,(H,22,25). The molecule has 0 fully saturated rings. The second kappa shape index (κ2) is 8.33. The van der Waals surface area contributed by atoms with Gasteiger partial charge in [0.05, 0.1) is 15.2 Å². The molecule has 28 heavy (non-hydrogen) atoms. The fourth-order valence-electron chi connectivity index (χ4n) is 2.31. The number of likely N-dealkylation sites (N-methyl/N-ethyl adjacent to an activating group) is 1. The van der Waals surface area contributed by atoms with E-state index in [9.17, 15) is 18.0 Å². The number of nitrogens with zero attached hydrogens (tertiary/aromatic N) is 3. The molecule has 0 spiro atoms. The first-order chi connectivity index (χ1) is 13.2. The fraction of sp³-hybridized carbons (Fsp3) is 0.294. The molecule has 150 valence electrons. The van der Waals surface area contributed by atoms with Crippen molar-refractivity contribution in [3.63, 3.8) is 0 Å². The zero-order valence-corrected chi connectivity index (χ0v) is 16.6. The van der Waals surface area contributed by atoms with Crippen molar-refractivity contribution in [1.82, 2.24) is 9.88 Å². The number of nitrogens with one attached hydrogen (secondary N) is 1. The van der Waals surface area contributed by atoms with Crippen LogP contribution in [-0.4, -0.2) is 49.5 Å². The molecule has 0 saturated carbocycles. The monoisotopic (exact) mass is 430 g/mol. The minimum absolute atomic E-state index is 0.321. The van der Waals surface area contributed by atoms with Crippen LogP contribution in [0.3, 0.4) is 0 Å². The molecule has 0 saturated heterocycles. The van der Waals surface area contributed by atoms with E-state index in [0.717, 1.165) is 11.3 Å². The quantitative estimate of drug-likeness (QED) is 0.607. The maximum atomic E-state index is 12.8. The zero-order chi connectivity index (χ0) is 20.3. The summed E-state index contributed by atoms with van der Waals surface area (Å²) in [5, 5.41) is 5.75. The third-order valence-electron chi connectivity index (χ3n) is 3.58. The third kappa shape index (κ3) is 5.33. The van der Waals surface area contributed by atoms with E-state index in [2.05, 4.69) is 15.0 Å². The molecule has 0 unspecified atom stereocenters. The van der Waals surface area contributed by atoms with Crippen molar-refractivity contribution in [2.45, 2.75) is 6.36 Å². The van der Waals surface area contributed by atoms with Crippen LogP contribution in [0.2, 0.25) is 0 Å². The van der Waals surface area contributed by atoms with Gasteiger partial charge in [-0.1, -0.05) is 11.3 Å². The molecule has 1 N–H and O–H groups in total. The molecule has 0 radical (unpaired) electrons. The van der Waals surface area contributed by atoms with Gasteiger partial charge in [0, 0.05) is 19.2 Å². The summed E-state index contributed by atoms with van der Waals surface area (Å²) in [6, 6.07) is 7.17. The first kappa shape index (κ1) is 20.4. The number of aromatic nitrogens is 1. The van der Waals surface area contributed by atoms with Crippen LogP contribution in [0, 0.1) is 0 Å². The number of carbonyl (C=O) groups excluding carboxylic acids is 1. The second-order valence-corrected chi connectivity index (χ2v) is 7.99. The Labute approximate surface area is 167 Å². The molecule has 0 aliphatic rings. The van der Waals surface area contributed by atoms with E-state index >= 15 is 0 Å². The molecule has 3 aromatic rings. The fourth-order valence-corrected chi connectivity index (χ4v) is 3.94. The van der Waals surface area contributed by atoms with Gasteiger partial charge in [-0.05, 0) is 43.7 Å². The Morgan fingerprint density at radius 3 is 2.68 bits per heavy atom. The zero-order valence-electron chi connectivity index (χ0n) is 15.0. The lowest BCUT2D eigenvalue weighted by Crippen LogP contribution is -2.39. The number of thiophene rings is 1. The van der Waals surface area contributed by atoms with Crippen molar-refractivity contribution in [1.29, 1.82) is 0 Å². The summed E-state index contributed by atoms with van der Waals surface area (Å²) in [5.41, 5.74) is 0.494. The average molecular weight is 430 g/mol. The van der Waals surface area contributed by atoms with Crippen molar-refractivity contribution in [2.75, 3.05) is 37.4 Å². The van der Waals surface area contributed by atoms with Crippen LogP contribution in [0.1, 0.15) is 0 Å². The summed E-state index contributed by atoms with van der Waals surface area (Å²) in [6.45, 7) is 0.964. The highest BCUT2D eigenvalue weighted by atomic mass is 32.1. The smallest absolute Gasteiger partial charge is 0.406 e. The van der Waals surface area contributed by atoms with Crippen LogP contribution in [0.25, 0.3) is 10.2 Å². The average Bonchev–Trinajstić information content (AvgIpc) is 3.22. The summed E-state index contributed by atoms with van der Waals surface area (Å²) in [7, 11) is 3.77. The number of urea groups is 1. The number of anilines is 2. The maximum Gasteiger partial charge on any atom is 0.573 e. The van der Waals surface area contributed by atoms with E-state index in [-0.39, 0.29) is 11.8 Å². The normalized spacial score (nSPS) is 11.8. The van der Waals surface area contributed by atoms with E-state index in [1.807, 2.05) is 30.4 Å². The lowest BCUT2D eigenvalue weighted by molar-refractivity contribution is -0.274. The van der Waals surface area contributed by atoms with Gasteiger partial charge in [0.25, 0.3) is 0 Å². The second-order valence-electron chi connectivity index (χ2n) is 6.04. The molecule has 2 aromatic heterocycles. The third-order valence-corrected chi connectivity index (χ3v) is 5.41. The van der Waals surface area contributed by atoms with Crippen molar-refractivity contribution < 1.29 is 22.7 Å². The molecule has 11 heteroatoms. The van der Waals surface area contributed by atoms with Gasteiger partial charge in [-0.2, -0.15) is 0 Å². The topological polar surface area (TPSA) is 57.7 Å². The van der Waals surface area contributed by atoms with Gasteiger partial charge in [0.15, 0.2) is 5.13 Å². The van der Waals surface area contributed by atoms with Gasteiger partial charge < -0.3 is 9.64 Å². The van der Waals surface area contributed by atoms with Gasteiger partial charge in [-0.3, -0.25) is 10.2 Å². The lowest BCUT2D eigenvalue weighted by atomic mass is 10.3. The lowest BCUT2D eigenvalue weighted by Gasteiger charge is -2.21.